The van der Waals surface area contributed by atoms with E-state index in [1.165, 1.54) is 0 Å². The highest BCUT2D eigenvalue weighted by atomic mass is 16.7. The van der Waals surface area contributed by atoms with Crippen LogP contribution in [0.15, 0.2) is 72.8 Å². The Morgan fingerprint density at radius 1 is 0.846 bits per heavy atom. The number of carbonyl (C=O) groups is 2. The lowest BCUT2D eigenvalue weighted by Gasteiger charge is -2.11. The van der Waals surface area contributed by atoms with Gasteiger partial charge in [0.1, 0.15) is 12.6 Å². The van der Waals surface area contributed by atoms with Crippen LogP contribution in [0, 0.1) is 0 Å². The minimum Gasteiger partial charge on any atom is -0.429 e. The molecule has 0 radical (unpaired) electrons. The Bertz CT molecular complexity index is 908. The average Bonchev–Trinajstić information content (AvgIpc) is 2.67. The Morgan fingerprint density at radius 2 is 1.54 bits per heavy atom. The number of ether oxygens (including phenoxy) is 2. The molecular formula is C21H19NO4. The second kappa shape index (κ2) is 8.27. The van der Waals surface area contributed by atoms with E-state index < -0.39 is 18.2 Å². The molecule has 0 unspecified atom stereocenters. The summed E-state index contributed by atoms with van der Waals surface area (Å²) in [5.74, 6) is -0.809. The number of carbonyl (C=O) groups excluding carboxylic acids is 2. The van der Waals surface area contributed by atoms with Gasteiger partial charge in [-0.25, -0.2) is 9.59 Å². The van der Waals surface area contributed by atoms with Gasteiger partial charge in [0.05, 0.1) is 0 Å². The SMILES string of the molecule is N[C@@H](Cc1ccc2ccccc2c1)C(=O)OC(=O)OCc1ccccc1. The molecule has 0 spiro atoms. The van der Waals surface area contributed by atoms with E-state index in [-0.39, 0.29) is 13.0 Å². The maximum atomic E-state index is 12.0. The van der Waals surface area contributed by atoms with Crippen molar-refractivity contribution in [2.75, 3.05) is 0 Å². The second-order valence-electron chi connectivity index (χ2n) is 5.94. The molecule has 0 aromatic heterocycles. The van der Waals surface area contributed by atoms with E-state index in [9.17, 15) is 9.59 Å². The predicted molar refractivity (Wildman–Crippen MR) is 98.3 cm³/mol. The van der Waals surface area contributed by atoms with Gasteiger partial charge in [-0.15, -0.1) is 0 Å². The van der Waals surface area contributed by atoms with Crippen molar-refractivity contribution in [3.8, 4) is 0 Å². The van der Waals surface area contributed by atoms with Crippen molar-refractivity contribution in [3.05, 3.63) is 83.9 Å². The highest BCUT2D eigenvalue weighted by molar-refractivity contribution is 5.86. The van der Waals surface area contributed by atoms with Gasteiger partial charge in [0.2, 0.25) is 0 Å². The van der Waals surface area contributed by atoms with E-state index in [4.69, 9.17) is 10.5 Å². The Morgan fingerprint density at radius 3 is 2.31 bits per heavy atom. The summed E-state index contributed by atoms with van der Waals surface area (Å²) < 4.78 is 9.59. The number of rotatable bonds is 5. The lowest BCUT2D eigenvalue weighted by molar-refractivity contribution is -0.141. The van der Waals surface area contributed by atoms with Crippen LogP contribution in [0.4, 0.5) is 4.79 Å². The van der Waals surface area contributed by atoms with E-state index >= 15 is 0 Å². The fraction of sp³-hybridized carbons (Fsp3) is 0.143. The summed E-state index contributed by atoms with van der Waals surface area (Å²) in [6.07, 6.45) is -0.775. The van der Waals surface area contributed by atoms with Gasteiger partial charge in [0.15, 0.2) is 0 Å². The fourth-order valence-corrected chi connectivity index (χ4v) is 2.61. The highest BCUT2D eigenvalue weighted by Gasteiger charge is 2.20. The minimum absolute atomic E-state index is 0.0346. The fourth-order valence-electron chi connectivity index (χ4n) is 2.61. The minimum atomic E-state index is -1.05. The Kier molecular flexibility index (Phi) is 5.61. The molecule has 5 heteroatoms. The van der Waals surface area contributed by atoms with Crippen LogP contribution in [-0.2, 0) is 27.3 Å². The Balaban J connectivity index is 1.52. The summed E-state index contributed by atoms with van der Waals surface area (Å²) in [5.41, 5.74) is 7.56. The topological polar surface area (TPSA) is 78.6 Å². The molecule has 0 aliphatic carbocycles. The third-order valence-corrected chi connectivity index (χ3v) is 3.96. The van der Waals surface area contributed by atoms with Crippen molar-refractivity contribution in [2.24, 2.45) is 5.73 Å². The van der Waals surface area contributed by atoms with Gasteiger partial charge in [-0.2, -0.15) is 0 Å². The third-order valence-electron chi connectivity index (χ3n) is 3.96. The van der Waals surface area contributed by atoms with Crippen LogP contribution in [0.3, 0.4) is 0 Å². The van der Waals surface area contributed by atoms with E-state index in [1.54, 1.807) is 12.1 Å². The molecule has 0 aliphatic heterocycles. The molecule has 2 N–H and O–H groups in total. The maximum absolute atomic E-state index is 12.0. The zero-order valence-electron chi connectivity index (χ0n) is 14.1. The van der Waals surface area contributed by atoms with Gasteiger partial charge in [-0.3, -0.25) is 0 Å². The molecule has 3 aromatic rings. The first-order valence-corrected chi connectivity index (χ1v) is 8.27. The van der Waals surface area contributed by atoms with Gasteiger partial charge < -0.3 is 15.2 Å². The number of nitrogens with two attached hydrogens (primary N) is 1. The van der Waals surface area contributed by atoms with Gasteiger partial charge in [-0.1, -0.05) is 72.8 Å². The lowest BCUT2D eigenvalue weighted by Crippen LogP contribution is -2.35. The van der Waals surface area contributed by atoms with Crippen LogP contribution in [-0.4, -0.2) is 18.2 Å². The highest BCUT2D eigenvalue weighted by Crippen LogP contribution is 2.16. The Labute approximate surface area is 151 Å². The first-order valence-electron chi connectivity index (χ1n) is 8.27. The van der Waals surface area contributed by atoms with Crippen molar-refractivity contribution >= 4 is 22.9 Å². The third kappa shape index (κ3) is 4.68. The summed E-state index contributed by atoms with van der Waals surface area (Å²) in [4.78, 5) is 23.6. The largest absolute Gasteiger partial charge is 0.516 e. The van der Waals surface area contributed by atoms with Crippen LogP contribution < -0.4 is 5.73 Å². The quantitative estimate of drug-likeness (QED) is 0.562. The standard InChI is InChI=1S/C21H19NO4/c22-19(13-16-10-11-17-8-4-5-9-18(17)12-16)20(23)26-21(24)25-14-15-6-2-1-3-7-15/h1-12,19H,13-14,22H2/t19-/m0/s1. The molecule has 0 amide bonds. The van der Waals surface area contributed by atoms with Crippen molar-refractivity contribution < 1.29 is 19.1 Å². The number of esters is 1. The van der Waals surface area contributed by atoms with E-state index in [0.717, 1.165) is 21.9 Å². The zero-order chi connectivity index (χ0) is 18.4. The van der Waals surface area contributed by atoms with Crippen molar-refractivity contribution in [2.45, 2.75) is 19.1 Å². The van der Waals surface area contributed by atoms with Crippen LogP contribution >= 0.6 is 0 Å². The maximum Gasteiger partial charge on any atom is 0.516 e. The molecule has 26 heavy (non-hydrogen) atoms. The number of hydrogen-bond acceptors (Lipinski definition) is 5. The normalized spacial score (nSPS) is 11.7. The molecule has 1 atom stereocenters. The number of benzene rings is 3. The summed E-state index contributed by atoms with van der Waals surface area (Å²) in [7, 11) is 0. The molecule has 5 nitrogen and oxygen atoms in total. The summed E-state index contributed by atoms with van der Waals surface area (Å²) in [6.45, 7) is 0.0346. The van der Waals surface area contributed by atoms with Crippen molar-refractivity contribution in [1.82, 2.24) is 0 Å². The summed E-state index contributed by atoms with van der Waals surface area (Å²) in [5, 5.41) is 2.17. The van der Waals surface area contributed by atoms with E-state index in [0.29, 0.717) is 0 Å². The lowest BCUT2D eigenvalue weighted by atomic mass is 10.0. The molecule has 0 saturated heterocycles. The molecule has 0 saturated carbocycles. The van der Waals surface area contributed by atoms with Crippen LogP contribution in [0.1, 0.15) is 11.1 Å². The summed E-state index contributed by atoms with van der Waals surface area (Å²) >= 11 is 0. The molecular weight excluding hydrogens is 330 g/mol. The average molecular weight is 349 g/mol. The number of fused-ring (bicyclic) bond motifs is 1. The van der Waals surface area contributed by atoms with Crippen molar-refractivity contribution in [1.29, 1.82) is 0 Å². The molecule has 0 fully saturated rings. The van der Waals surface area contributed by atoms with Crippen LogP contribution in [0.2, 0.25) is 0 Å². The predicted octanol–water partition coefficient (Wildman–Crippen LogP) is 3.59. The van der Waals surface area contributed by atoms with Crippen LogP contribution in [0.5, 0.6) is 0 Å². The first-order chi connectivity index (χ1) is 12.6. The van der Waals surface area contributed by atoms with E-state index in [1.807, 2.05) is 60.7 Å². The number of hydrogen-bond donors (Lipinski definition) is 1. The molecule has 0 heterocycles. The van der Waals surface area contributed by atoms with Crippen LogP contribution in [0.25, 0.3) is 10.8 Å². The van der Waals surface area contributed by atoms with E-state index in [2.05, 4.69) is 4.74 Å². The molecule has 132 valence electrons. The molecule has 3 aromatic carbocycles. The second-order valence-corrected chi connectivity index (χ2v) is 5.94. The van der Waals surface area contributed by atoms with Gasteiger partial charge in [-0.05, 0) is 28.3 Å². The molecule has 0 bridgehead atoms. The van der Waals surface area contributed by atoms with Gasteiger partial charge in [0.25, 0.3) is 0 Å². The smallest absolute Gasteiger partial charge is 0.429 e. The van der Waals surface area contributed by atoms with Gasteiger partial charge >= 0.3 is 12.1 Å². The van der Waals surface area contributed by atoms with Gasteiger partial charge in [0, 0.05) is 0 Å². The zero-order valence-corrected chi connectivity index (χ0v) is 14.1. The first kappa shape index (κ1) is 17.6. The molecule has 0 aliphatic rings. The summed E-state index contributed by atoms with van der Waals surface area (Å²) in [6, 6.07) is 21.9. The Hall–Kier alpha value is -3.18. The van der Waals surface area contributed by atoms with Crippen molar-refractivity contribution in [3.63, 3.8) is 0 Å². The molecule has 3 rings (SSSR count). The monoisotopic (exact) mass is 349 g/mol.